The van der Waals surface area contributed by atoms with Crippen molar-refractivity contribution in [3.05, 3.63) is 71.8 Å². The first-order valence-electron chi connectivity index (χ1n) is 9.34. The molecule has 152 valence electrons. The van der Waals surface area contributed by atoms with Gasteiger partial charge in [-0.2, -0.15) is 4.98 Å². The fourth-order valence-corrected chi connectivity index (χ4v) is 3.35. The summed E-state index contributed by atoms with van der Waals surface area (Å²) in [6, 6.07) is 15.5. The Bertz CT molecular complexity index is 951. The Hall–Kier alpha value is -2.77. The summed E-state index contributed by atoms with van der Waals surface area (Å²) in [6.07, 6.45) is 0.838. The molecule has 4 rings (SSSR count). The van der Waals surface area contributed by atoms with Crippen molar-refractivity contribution in [1.29, 1.82) is 0 Å². The molecular weight excluding hydrogens is 395 g/mol. The Morgan fingerprint density at radius 1 is 1.03 bits per heavy atom. The lowest BCUT2D eigenvalue weighted by molar-refractivity contribution is 0.0760. The van der Waals surface area contributed by atoms with E-state index >= 15 is 0 Å². The zero-order chi connectivity index (χ0) is 19.3. The molecule has 2 heterocycles. The lowest BCUT2D eigenvalue weighted by Crippen LogP contribution is -2.35. The van der Waals surface area contributed by atoms with Crippen molar-refractivity contribution < 1.29 is 13.7 Å². The summed E-state index contributed by atoms with van der Waals surface area (Å²) >= 11 is 0. The minimum absolute atomic E-state index is 0. The van der Waals surface area contributed by atoms with E-state index in [2.05, 4.69) is 15.0 Å². The second-order valence-electron chi connectivity index (χ2n) is 6.81. The summed E-state index contributed by atoms with van der Waals surface area (Å²) in [5, 5.41) is 4.08. The van der Waals surface area contributed by atoms with Crippen molar-refractivity contribution >= 4 is 18.3 Å². The van der Waals surface area contributed by atoms with E-state index in [-0.39, 0.29) is 18.3 Å². The number of halogens is 2. The first kappa shape index (κ1) is 21.0. The summed E-state index contributed by atoms with van der Waals surface area (Å²) in [5.74, 6) is 0.609. The number of rotatable bonds is 4. The van der Waals surface area contributed by atoms with E-state index in [0.717, 1.165) is 18.5 Å². The molecule has 0 spiro atoms. The van der Waals surface area contributed by atoms with Gasteiger partial charge in [0.15, 0.2) is 5.82 Å². The van der Waals surface area contributed by atoms with E-state index in [1.54, 1.807) is 17.0 Å². The molecule has 0 atom stereocenters. The number of amides is 1. The van der Waals surface area contributed by atoms with Crippen LogP contribution in [0.3, 0.4) is 0 Å². The molecule has 2 aromatic carbocycles. The minimum Gasteiger partial charge on any atom is -0.337 e. The number of carbonyl (C=O) groups excluding carboxylic acids is 1. The van der Waals surface area contributed by atoms with Crippen LogP contribution >= 0.6 is 12.4 Å². The van der Waals surface area contributed by atoms with Crippen molar-refractivity contribution in [3.63, 3.8) is 0 Å². The zero-order valence-corrected chi connectivity index (χ0v) is 16.6. The van der Waals surface area contributed by atoms with E-state index in [4.69, 9.17) is 4.52 Å². The summed E-state index contributed by atoms with van der Waals surface area (Å²) in [4.78, 5) is 21.1. The third kappa shape index (κ3) is 5.19. The number of hydrogen-bond donors (Lipinski definition) is 0. The number of aromatic nitrogens is 2. The predicted octanol–water partition coefficient (Wildman–Crippen LogP) is 3.65. The molecule has 1 aromatic heterocycles. The van der Waals surface area contributed by atoms with Gasteiger partial charge in [0.2, 0.25) is 0 Å². The monoisotopic (exact) mass is 416 g/mol. The molecule has 0 radical (unpaired) electrons. The number of hydrogen-bond acceptors (Lipinski definition) is 5. The highest BCUT2D eigenvalue weighted by Gasteiger charge is 2.21. The maximum absolute atomic E-state index is 13.4. The van der Waals surface area contributed by atoms with Gasteiger partial charge in [-0.1, -0.05) is 29.4 Å². The Morgan fingerprint density at radius 2 is 1.86 bits per heavy atom. The van der Waals surface area contributed by atoms with Crippen LogP contribution < -0.4 is 0 Å². The predicted molar refractivity (Wildman–Crippen MR) is 109 cm³/mol. The van der Waals surface area contributed by atoms with E-state index in [1.807, 2.05) is 30.3 Å². The molecule has 3 aromatic rings. The van der Waals surface area contributed by atoms with Gasteiger partial charge in [0, 0.05) is 37.3 Å². The fraction of sp³-hybridized carbons (Fsp3) is 0.286. The van der Waals surface area contributed by atoms with Gasteiger partial charge < -0.3 is 9.42 Å². The van der Waals surface area contributed by atoms with Gasteiger partial charge in [-0.15, -0.1) is 12.4 Å². The quantitative estimate of drug-likeness (QED) is 0.649. The van der Waals surface area contributed by atoms with Crippen LogP contribution in [0.5, 0.6) is 0 Å². The van der Waals surface area contributed by atoms with Crippen molar-refractivity contribution in [3.8, 4) is 11.5 Å². The molecule has 0 N–H and O–H groups in total. The lowest BCUT2D eigenvalue weighted by atomic mass is 10.2. The second kappa shape index (κ2) is 9.62. The highest BCUT2D eigenvalue weighted by atomic mass is 35.5. The summed E-state index contributed by atoms with van der Waals surface area (Å²) in [7, 11) is 0. The second-order valence-corrected chi connectivity index (χ2v) is 6.81. The zero-order valence-electron chi connectivity index (χ0n) is 15.8. The summed E-state index contributed by atoms with van der Waals surface area (Å²) < 4.78 is 18.8. The average molecular weight is 417 g/mol. The number of benzene rings is 2. The summed E-state index contributed by atoms with van der Waals surface area (Å²) in [6.45, 7) is 3.34. The van der Waals surface area contributed by atoms with Gasteiger partial charge in [0.1, 0.15) is 5.82 Å². The Labute approximate surface area is 174 Å². The first-order valence-corrected chi connectivity index (χ1v) is 9.34. The van der Waals surface area contributed by atoms with Crippen LogP contribution in [0.25, 0.3) is 11.5 Å². The smallest absolute Gasteiger partial charge is 0.257 e. The maximum Gasteiger partial charge on any atom is 0.257 e. The Morgan fingerprint density at radius 3 is 2.66 bits per heavy atom. The van der Waals surface area contributed by atoms with Crippen LogP contribution in [0.15, 0.2) is 59.1 Å². The Kier molecular flexibility index (Phi) is 6.95. The molecule has 0 aliphatic carbocycles. The molecule has 0 bridgehead atoms. The van der Waals surface area contributed by atoms with E-state index in [0.29, 0.717) is 43.5 Å². The van der Waals surface area contributed by atoms with Gasteiger partial charge in [-0.25, -0.2) is 4.39 Å². The van der Waals surface area contributed by atoms with Crippen molar-refractivity contribution in [2.24, 2.45) is 0 Å². The van der Waals surface area contributed by atoms with E-state index in [9.17, 15) is 9.18 Å². The Balaban J connectivity index is 0.00000240. The van der Waals surface area contributed by atoms with Crippen molar-refractivity contribution in [2.75, 3.05) is 26.2 Å². The standard InChI is InChI=1S/C21H21FN4O2.ClH/c22-18-9-4-8-17(14-18)21(27)26-11-5-10-25(12-13-26)15-19-23-20(28-24-19)16-6-2-1-3-7-16;/h1-4,6-9,14H,5,10-13,15H2;1H. The largest absolute Gasteiger partial charge is 0.337 e. The normalized spacial score (nSPS) is 14.9. The molecular formula is C21H22ClFN4O2. The SMILES string of the molecule is Cl.O=C(c1cccc(F)c1)N1CCCN(Cc2noc(-c3ccccc3)n2)CC1. The van der Waals surface area contributed by atoms with Gasteiger partial charge in [-0.3, -0.25) is 9.69 Å². The fourth-order valence-electron chi connectivity index (χ4n) is 3.35. The van der Waals surface area contributed by atoms with Gasteiger partial charge in [0.05, 0.1) is 6.54 Å². The van der Waals surface area contributed by atoms with Crippen LogP contribution in [0.2, 0.25) is 0 Å². The van der Waals surface area contributed by atoms with Crippen molar-refractivity contribution in [2.45, 2.75) is 13.0 Å². The topological polar surface area (TPSA) is 62.5 Å². The van der Waals surface area contributed by atoms with Crippen LogP contribution in [-0.2, 0) is 6.54 Å². The van der Waals surface area contributed by atoms with Gasteiger partial charge in [0.25, 0.3) is 11.8 Å². The molecule has 29 heavy (non-hydrogen) atoms. The third-order valence-electron chi connectivity index (χ3n) is 4.80. The molecule has 6 nitrogen and oxygen atoms in total. The maximum atomic E-state index is 13.4. The molecule has 1 saturated heterocycles. The first-order chi connectivity index (χ1) is 13.7. The van der Waals surface area contributed by atoms with Crippen LogP contribution in [0.1, 0.15) is 22.6 Å². The number of nitrogens with zero attached hydrogens (tertiary/aromatic N) is 4. The molecule has 1 amide bonds. The lowest BCUT2D eigenvalue weighted by Gasteiger charge is -2.21. The molecule has 0 saturated carbocycles. The van der Waals surface area contributed by atoms with Crippen molar-refractivity contribution in [1.82, 2.24) is 19.9 Å². The number of carbonyl (C=O) groups is 1. The highest BCUT2D eigenvalue weighted by Crippen LogP contribution is 2.17. The molecule has 0 unspecified atom stereocenters. The van der Waals surface area contributed by atoms with Crippen LogP contribution in [-0.4, -0.2) is 52.0 Å². The van der Waals surface area contributed by atoms with Gasteiger partial charge >= 0.3 is 0 Å². The van der Waals surface area contributed by atoms with Gasteiger partial charge in [-0.05, 0) is 36.8 Å². The molecule has 1 fully saturated rings. The molecule has 1 aliphatic rings. The molecule has 8 heteroatoms. The van der Waals surface area contributed by atoms with E-state index < -0.39 is 5.82 Å². The highest BCUT2D eigenvalue weighted by molar-refractivity contribution is 5.94. The summed E-state index contributed by atoms with van der Waals surface area (Å²) in [5.41, 5.74) is 1.28. The molecule has 1 aliphatic heterocycles. The average Bonchev–Trinajstić information content (AvgIpc) is 3.06. The van der Waals surface area contributed by atoms with E-state index in [1.165, 1.54) is 12.1 Å². The van der Waals surface area contributed by atoms with Crippen LogP contribution in [0, 0.1) is 5.82 Å². The van der Waals surface area contributed by atoms with Crippen LogP contribution in [0.4, 0.5) is 4.39 Å². The third-order valence-corrected chi connectivity index (χ3v) is 4.80. The minimum atomic E-state index is -0.395.